The minimum atomic E-state index is -4.10. The van der Waals surface area contributed by atoms with Gasteiger partial charge in [0.05, 0.1) is 29.3 Å². The van der Waals surface area contributed by atoms with Gasteiger partial charge in [0.2, 0.25) is 0 Å². The Hall–Kier alpha value is -3.70. The van der Waals surface area contributed by atoms with Crippen molar-refractivity contribution in [3.8, 4) is 5.75 Å². The molecule has 1 atom stereocenters. The molecule has 0 bridgehead atoms. The highest BCUT2D eigenvalue weighted by Gasteiger charge is 2.35. The molecule has 14 nitrogen and oxygen atoms in total. The van der Waals surface area contributed by atoms with Gasteiger partial charge in [-0.25, -0.2) is 4.98 Å². The van der Waals surface area contributed by atoms with Crippen molar-refractivity contribution >= 4 is 55.2 Å². The van der Waals surface area contributed by atoms with Crippen molar-refractivity contribution in [2.45, 2.75) is 51.5 Å². The van der Waals surface area contributed by atoms with E-state index in [9.17, 15) is 32.2 Å². The van der Waals surface area contributed by atoms with Crippen molar-refractivity contribution in [2.75, 3.05) is 29.7 Å². The van der Waals surface area contributed by atoms with Crippen molar-refractivity contribution in [3.63, 3.8) is 0 Å². The zero-order chi connectivity index (χ0) is 31.8. The van der Waals surface area contributed by atoms with Crippen LogP contribution in [0.5, 0.6) is 5.75 Å². The number of hydrogen-bond acceptors (Lipinski definition) is 11. The number of anilines is 2. The van der Waals surface area contributed by atoms with Crippen LogP contribution in [0.2, 0.25) is 0 Å². The zero-order valence-electron chi connectivity index (χ0n) is 24.6. The Bertz CT molecular complexity index is 1790. The molecule has 0 amide bonds. The van der Waals surface area contributed by atoms with Crippen molar-refractivity contribution in [1.82, 2.24) is 13.9 Å². The fourth-order valence-electron chi connectivity index (χ4n) is 5.25. The Kier molecular flexibility index (Phi) is 8.91. The molecule has 5 N–H and O–H groups in total. The SMILES string of the molecule is CCOC(=O)C1CCCN(S(=O)(=O)Nc2ccc3c(c2)S(O)(O)N=C(c2c(O)c4cccnc4n(CCC(C)C)c2=O)N3)C1. The molecular formula is C28H36N6O8S2. The van der Waals surface area contributed by atoms with E-state index in [1.807, 2.05) is 13.8 Å². The lowest BCUT2D eigenvalue weighted by atomic mass is 10.0. The minimum Gasteiger partial charge on any atom is -0.506 e. The number of aromatic nitrogens is 2. The maximum absolute atomic E-state index is 13.7. The van der Waals surface area contributed by atoms with Crippen LogP contribution in [0.15, 0.2) is 50.6 Å². The number of benzene rings is 1. The molecule has 3 aromatic rings. The van der Waals surface area contributed by atoms with Gasteiger partial charge in [0.25, 0.3) is 5.56 Å². The maximum Gasteiger partial charge on any atom is 0.310 e. The average molecular weight is 649 g/mol. The number of amidine groups is 1. The van der Waals surface area contributed by atoms with Crippen molar-refractivity contribution in [3.05, 3.63) is 52.4 Å². The monoisotopic (exact) mass is 648 g/mol. The quantitative estimate of drug-likeness (QED) is 0.212. The standard InChI is InChI=1S/C28H36N6O8S2/c1-4-42-28(37)18-7-6-13-33(16-18)44(40,41)31-19-9-10-21-22(15-19)43(38,39)32-25(30-21)23-24(35)20-8-5-12-29-26(20)34(27(23)36)14-11-17(2)3/h5,8-10,12,15,17-18,31,35,38-39H,4,6-7,11,13-14,16H2,1-3H3,(H,30,32). The average Bonchev–Trinajstić information content (AvgIpc) is 2.97. The van der Waals surface area contributed by atoms with Gasteiger partial charge in [-0.3, -0.25) is 28.0 Å². The van der Waals surface area contributed by atoms with Crippen LogP contribution in [0.1, 0.15) is 45.6 Å². The topological polar surface area (TPSA) is 196 Å². The third-order valence-corrected chi connectivity index (χ3v) is 10.4. The lowest BCUT2D eigenvalue weighted by Crippen LogP contribution is -2.45. The van der Waals surface area contributed by atoms with Crippen molar-refractivity contribution in [2.24, 2.45) is 16.2 Å². The molecule has 2 aliphatic heterocycles. The van der Waals surface area contributed by atoms with E-state index >= 15 is 0 Å². The first-order valence-electron chi connectivity index (χ1n) is 14.3. The number of fused-ring (bicyclic) bond motifs is 2. The minimum absolute atomic E-state index is 0.0387. The fraction of sp³-hybridized carbons (Fsp3) is 0.429. The number of aryl methyl sites for hydroxylation is 1. The third kappa shape index (κ3) is 6.25. The van der Waals surface area contributed by atoms with Gasteiger partial charge in [-0.15, -0.1) is 4.40 Å². The van der Waals surface area contributed by atoms with Crippen molar-refractivity contribution in [1.29, 1.82) is 0 Å². The molecule has 2 aromatic heterocycles. The summed E-state index contributed by atoms with van der Waals surface area (Å²) < 4.78 is 62.7. The number of ether oxygens (including phenoxy) is 1. The molecule has 1 saturated heterocycles. The molecule has 5 rings (SSSR count). The summed E-state index contributed by atoms with van der Waals surface area (Å²) in [5.41, 5.74) is -0.352. The number of carbonyl (C=O) groups is 1. The summed E-state index contributed by atoms with van der Waals surface area (Å²) in [6.07, 6.45) is 3.18. The highest BCUT2D eigenvalue weighted by molar-refractivity contribution is 8.23. The summed E-state index contributed by atoms with van der Waals surface area (Å²) in [4.78, 5) is 30.1. The maximum atomic E-state index is 13.7. The van der Waals surface area contributed by atoms with Gasteiger partial charge in [0.15, 0.2) is 5.84 Å². The Morgan fingerprint density at radius 2 is 2.05 bits per heavy atom. The normalized spacial score (nSPS) is 19.1. The molecule has 44 heavy (non-hydrogen) atoms. The first kappa shape index (κ1) is 31.7. The van der Waals surface area contributed by atoms with Crippen LogP contribution < -0.4 is 15.6 Å². The first-order valence-corrected chi connectivity index (χ1v) is 17.2. The second-order valence-corrected chi connectivity index (χ2v) is 14.4. The fourth-order valence-corrected chi connectivity index (χ4v) is 7.74. The number of carbonyl (C=O) groups excluding carboxylic acids is 1. The molecule has 1 aromatic carbocycles. The Morgan fingerprint density at radius 3 is 2.77 bits per heavy atom. The summed E-state index contributed by atoms with van der Waals surface area (Å²) in [7, 11) is -8.05. The predicted octanol–water partition coefficient (Wildman–Crippen LogP) is 3.98. The van der Waals surface area contributed by atoms with Crippen LogP contribution in [0.4, 0.5) is 11.4 Å². The van der Waals surface area contributed by atoms with Crippen LogP contribution in [0.25, 0.3) is 11.0 Å². The lowest BCUT2D eigenvalue weighted by Gasteiger charge is -2.35. The van der Waals surface area contributed by atoms with Crippen LogP contribution in [0, 0.1) is 11.8 Å². The van der Waals surface area contributed by atoms with E-state index in [1.165, 1.54) is 29.0 Å². The molecule has 0 saturated carbocycles. The Labute approximate surface area is 256 Å². The van der Waals surface area contributed by atoms with E-state index in [2.05, 4.69) is 19.4 Å². The molecule has 2 aliphatic rings. The van der Waals surface area contributed by atoms with Crippen LogP contribution in [-0.2, 0) is 26.3 Å². The number of aromatic hydroxyl groups is 1. The number of nitrogens with one attached hydrogen (secondary N) is 2. The van der Waals surface area contributed by atoms with E-state index in [0.717, 1.165) is 4.31 Å². The lowest BCUT2D eigenvalue weighted by molar-refractivity contribution is -0.149. The number of pyridine rings is 2. The molecular weight excluding hydrogens is 612 g/mol. The summed E-state index contributed by atoms with van der Waals surface area (Å²) in [5.74, 6) is -1.39. The number of piperidine rings is 1. The van der Waals surface area contributed by atoms with Crippen LogP contribution >= 0.6 is 10.8 Å². The van der Waals surface area contributed by atoms with E-state index < -0.39 is 44.2 Å². The van der Waals surface area contributed by atoms with Gasteiger partial charge in [0.1, 0.15) is 21.9 Å². The molecule has 0 radical (unpaired) electrons. The summed E-state index contributed by atoms with van der Waals surface area (Å²) in [6.45, 7) is 6.41. The predicted molar refractivity (Wildman–Crippen MR) is 168 cm³/mol. The second-order valence-electron chi connectivity index (χ2n) is 11.1. The van der Waals surface area contributed by atoms with Gasteiger partial charge in [-0.1, -0.05) is 24.6 Å². The largest absolute Gasteiger partial charge is 0.506 e. The zero-order valence-corrected chi connectivity index (χ0v) is 26.2. The van der Waals surface area contributed by atoms with E-state index in [4.69, 9.17) is 4.74 Å². The molecule has 1 fully saturated rings. The molecule has 0 spiro atoms. The summed E-state index contributed by atoms with van der Waals surface area (Å²) in [6, 6.07) is 7.31. The molecule has 1 unspecified atom stereocenters. The van der Waals surface area contributed by atoms with Gasteiger partial charge in [-0.05, 0) is 62.4 Å². The van der Waals surface area contributed by atoms with Crippen LogP contribution in [0.3, 0.4) is 0 Å². The second kappa shape index (κ2) is 12.4. The van der Waals surface area contributed by atoms with E-state index in [0.29, 0.717) is 36.8 Å². The number of esters is 1. The summed E-state index contributed by atoms with van der Waals surface area (Å²) in [5, 5.41) is 14.3. The number of rotatable bonds is 9. The van der Waals surface area contributed by atoms with E-state index in [-0.39, 0.29) is 53.3 Å². The third-order valence-electron chi connectivity index (χ3n) is 7.50. The molecule has 0 aliphatic carbocycles. The molecule has 238 valence electrons. The first-order chi connectivity index (χ1) is 20.8. The van der Waals surface area contributed by atoms with Gasteiger partial charge < -0.3 is 15.2 Å². The van der Waals surface area contributed by atoms with Gasteiger partial charge >= 0.3 is 16.2 Å². The van der Waals surface area contributed by atoms with E-state index in [1.54, 1.807) is 19.1 Å². The highest BCUT2D eigenvalue weighted by Crippen LogP contribution is 2.56. The Balaban J connectivity index is 1.46. The molecule has 4 heterocycles. The molecule has 16 heteroatoms. The number of hydrogen-bond donors (Lipinski definition) is 5. The van der Waals surface area contributed by atoms with Gasteiger partial charge in [0, 0.05) is 25.8 Å². The number of nitrogens with zero attached hydrogens (tertiary/aromatic N) is 4. The van der Waals surface area contributed by atoms with Crippen molar-refractivity contribution < 1.29 is 32.2 Å². The smallest absolute Gasteiger partial charge is 0.310 e. The summed E-state index contributed by atoms with van der Waals surface area (Å²) >= 11 is 0. The van der Waals surface area contributed by atoms with Crippen LogP contribution in [-0.4, -0.2) is 68.0 Å². The Morgan fingerprint density at radius 1 is 1.27 bits per heavy atom. The highest BCUT2D eigenvalue weighted by atomic mass is 32.3. The van der Waals surface area contributed by atoms with Gasteiger partial charge in [-0.2, -0.15) is 12.7 Å².